The maximum Gasteiger partial charge on any atom is 0.230 e. The second-order valence-electron chi connectivity index (χ2n) is 7.41. The Balaban J connectivity index is 1.81. The van der Waals surface area contributed by atoms with Gasteiger partial charge in [0, 0.05) is 26.2 Å². The smallest absolute Gasteiger partial charge is 0.230 e. The number of hydrogen-bond donors (Lipinski definition) is 2. The van der Waals surface area contributed by atoms with E-state index >= 15 is 0 Å². The Kier molecular flexibility index (Phi) is 4.47. The van der Waals surface area contributed by atoms with Crippen LogP contribution in [0.3, 0.4) is 0 Å². The molecule has 2 aliphatic heterocycles. The van der Waals surface area contributed by atoms with Crippen LogP contribution in [0, 0.1) is 26.2 Å². The van der Waals surface area contributed by atoms with Gasteiger partial charge >= 0.3 is 0 Å². The van der Waals surface area contributed by atoms with Crippen LogP contribution in [-0.4, -0.2) is 41.7 Å². The molecule has 0 aromatic heterocycles. The maximum absolute atomic E-state index is 12.5. The van der Waals surface area contributed by atoms with E-state index in [-0.39, 0.29) is 5.91 Å². The molecule has 0 saturated carbocycles. The van der Waals surface area contributed by atoms with Crippen LogP contribution in [0.25, 0.3) is 0 Å². The number of aliphatic hydroxyl groups is 1. The summed E-state index contributed by atoms with van der Waals surface area (Å²) in [5.41, 5.74) is 4.68. The zero-order valence-corrected chi connectivity index (χ0v) is 14.5. The molecule has 2 saturated heterocycles. The highest BCUT2D eigenvalue weighted by Crippen LogP contribution is 2.38. The van der Waals surface area contributed by atoms with Gasteiger partial charge in [0.15, 0.2) is 0 Å². The number of likely N-dealkylation sites (tertiary alicyclic amines) is 1. The molecule has 2 fully saturated rings. The topological polar surface area (TPSA) is 52.6 Å². The molecule has 2 aliphatic rings. The Hall–Kier alpha value is -1.39. The number of aliphatic hydroxyl groups excluding tert-OH is 1. The largest absolute Gasteiger partial charge is 0.392 e. The van der Waals surface area contributed by atoms with Crippen LogP contribution >= 0.6 is 0 Å². The van der Waals surface area contributed by atoms with Crippen molar-refractivity contribution in [3.05, 3.63) is 34.4 Å². The Morgan fingerprint density at radius 3 is 2.65 bits per heavy atom. The molecule has 23 heavy (non-hydrogen) atoms. The SMILES string of the molecule is Cc1cc(C)c(CN2CC[C@@H](O)[C@@]3(CCCNC3=O)C2)c(C)c1. The minimum Gasteiger partial charge on any atom is -0.392 e. The van der Waals surface area contributed by atoms with Gasteiger partial charge in [-0.25, -0.2) is 0 Å². The highest BCUT2D eigenvalue weighted by Gasteiger charge is 2.49. The molecule has 1 spiro atoms. The average molecular weight is 316 g/mol. The normalized spacial score (nSPS) is 28.9. The molecule has 2 N–H and O–H groups in total. The monoisotopic (exact) mass is 316 g/mol. The van der Waals surface area contributed by atoms with E-state index in [2.05, 4.69) is 43.1 Å². The summed E-state index contributed by atoms with van der Waals surface area (Å²) in [4.78, 5) is 14.8. The van der Waals surface area contributed by atoms with E-state index in [0.717, 1.165) is 32.5 Å². The fourth-order valence-corrected chi connectivity index (χ4v) is 4.35. The van der Waals surface area contributed by atoms with Gasteiger partial charge in [0.1, 0.15) is 0 Å². The summed E-state index contributed by atoms with van der Waals surface area (Å²) in [6.45, 7) is 9.57. The van der Waals surface area contributed by atoms with E-state index in [0.29, 0.717) is 13.0 Å². The number of nitrogens with zero attached hydrogens (tertiary/aromatic N) is 1. The number of carbonyl (C=O) groups is 1. The third kappa shape index (κ3) is 3.02. The molecule has 1 amide bonds. The Morgan fingerprint density at radius 1 is 1.30 bits per heavy atom. The number of piperidine rings is 2. The highest BCUT2D eigenvalue weighted by atomic mass is 16.3. The molecule has 2 atom stereocenters. The first-order valence-corrected chi connectivity index (χ1v) is 8.68. The van der Waals surface area contributed by atoms with Crippen LogP contribution in [0.15, 0.2) is 12.1 Å². The van der Waals surface area contributed by atoms with Crippen molar-refractivity contribution in [2.24, 2.45) is 5.41 Å². The number of rotatable bonds is 2. The molecule has 4 nitrogen and oxygen atoms in total. The van der Waals surface area contributed by atoms with Crippen molar-refractivity contribution in [3.63, 3.8) is 0 Å². The van der Waals surface area contributed by atoms with Gasteiger partial charge in [-0.05, 0) is 56.7 Å². The minimum absolute atomic E-state index is 0.0401. The quantitative estimate of drug-likeness (QED) is 0.878. The number of benzene rings is 1. The van der Waals surface area contributed by atoms with Crippen LogP contribution in [0.2, 0.25) is 0 Å². The summed E-state index contributed by atoms with van der Waals surface area (Å²) < 4.78 is 0. The third-order valence-electron chi connectivity index (χ3n) is 5.62. The lowest BCUT2D eigenvalue weighted by atomic mass is 9.71. The zero-order chi connectivity index (χ0) is 16.6. The van der Waals surface area contributed by atoms with E-state index in [1.54, 1.807) is 0 Å². The van der Waals surface area contributed by atoms with E-state index < -0.39 is 11.5 Å². The number of hydrogen-bond acceptors (Lipinski definition) is 3. The molecule has 0 bridgehead atoms. The molecule has 0 unspecified atom stereocenters. The van der Waals surface area contributed by atoms with Crippen LogP contribution in [-0.2, 0) is 11.3 Å². The van der Waals surface area contributed by atoms with Crippen molar-refractivity contribution in [1.29, 1.82) is 0 Å². The van der Waals surface area contributed by atoms with Crippen LogP contribution in [0.5, 0.6) is 0 Å². The first-order chi connectivity index (χ1) is 10.9. The van der Waals surface area contributed by atoms with Crippen LogP contribution < -0.4 is 5.32 Å². The molecule has 4 heteroatoms. The van der Waals surface area contributed by atoms with Gasteiger partial charge in [-0.3, -0.25) is 9.69 Å². The minimum atomic E-state index is -0.608. The number of aryl methyl sites for hydroxylation is 3. The molecule has 3 rings (SSSR count). The lowest BCUT2D eigenvalue weighted by Crippen LogP contribution is -2.61. The first kappa shape index (κ1) is 16.5. The lowest BCUT2D eigenvalue weighted by Gasteiger charge is -2.47. The van der Waals surface area contributed by atoms with Gasteiger partial charge in [-0.1, -0.05) is 17.7 Å². The summed E-state index contributed by atoms with van der Waals surface area (Å²) in [5, 5.41) is 13.5. The molecular formula is C19H28N2O2. The first-order valence-electron chi connectivity index (χ1n) is 8.68. The highest BCUT2D eigenvalue weighted by molar-refractivity contribution is 5.84. The summed E-state index contributed by atoms with van der Waals surface area (Å²) >= 11 is 0. The fourth-order valence-electron chi connectivity index (χ4n) is 4.35. The summed E-state index contributed by atoms with van der Waals surface area (Å²) in [6.07, 6.45) is 1.91. The summed E-state index contributed by atoms with van der Waals surface area (Å²) in [5.74, 6) is 0.0401. The summed E-state index contributed by atoms with van der Waals surface area (Å²) in [6, 6.07) is 4.45. The van der Waals surface area contributed by atoms with Gasteiger partial charge in [-0.2, -0.15) is 0 Å². The van der Waals surface area contributed by atoms with Crippen molar-refractivity contribution in [1.82, 2.24) is 10.2 Å². The molecule has 1 aromatic carbocycles. The molecule has 2 heterocycles. The summed E-state index contributed by atoms with van der Waals surface area (Å²) in [7, 11) is 0. The third-order valence-corrected chi connectivity index (χ3v) is 5.62. The Labute approximate surface area is 138 Å². The molecule has 0 aliphatic carbocycles. The van der Waals surface area contributed by atoms with E-state index in [4.69, 9.17) is 0 Å². The standard InChI is InChI=1S/C19H28N2O2/c1-13-9-14(2)16(15(3)10-13)11-21-8-5-17(22)19(12-21)6-4-7-20-18(19)23/h9-10,17,22H,4-8,11-12H2,1-3H3,(H,20,23)/t17-,19-/m1/s1. The Morgan fingerprint density at radius 2 is 2.00 bits per heavy atom. The van der Waals surface area contributed by atoms with Gasteiger partial charge < -0.3 is 10.4 Å². The van der Waals surface area contributed by atoms with Crippen molar-refractivity contribution >= 4 is 5.91 Å². The average Bonchev–Trinajstić information content (AvgIpc) is 2.49. The van der Waals surface area contributed by atoms with Gasteiger partial charge in [0.25, 0.3) is 0 Å². The van der Waals surface area contributed by atoms with E-state index in [1.807, 2.05) is 0 Å². The van der Waals surface area contributed by atoms with Crippen molar-refractivity contribution < 1.29 is 9.90 Å². The number of carbonyl (C=O) groups excluding carboxylic acids is 1. The number of nitrogens with one attached hydrogen (secondary N) is 1. The maximum atomic E-state index is 12.5. The molecular weight excluding hydrogens is 288 g/mol. The molecule has 0 radical (unpaired) electrons. The second kappa shape index (κ2) is 6.25. The van der Waals surface area contributed by atoms with Gasteiger partial charge in [0.05, 0.1) is 11.5 Å². The van der Waals surface area contributed by atoms with E-state index in [1.165, 1.54) is 22.3 Å². The van der Waals surface area contributed by atoms with Crippen molar-refractivity contribution in [2.75, 3.05) is 19.6 Å². The Bertz CT molecular complexity index is 590. The zero-order valence-electron chi connectivity index (χ0n) is 14.5. The fraction of sp³-hybridized carbons (Fsp3) is 0.632. The van der Waals surface area contributed by atoms with Crippen LogP contribution in [0.4, 0.5) is 0 Å². The molecule has 1 aromatic rings. The van der Waals surface area contributed by atoms with Gasteiger partial charge in [0.2, 0.25) is 5.91 Å². The predicted octanol–water partition coefficient (Wildman–Crippen LogP) is 2.07. The van der Waals surface area contributed by atoms with Gasteiger partial charge in [-0.15, -0.1) is 0 Å². The molecule has 126 valence electrons. The van der Waals surface area contributed by atoms with Crippen molar-refractivity contribution in [2.45, 2.75) is 52.7 Å². The lowest BCUT2D eigenvalue weighted by molar-refractivity contribution is -0.149. The number of amides is 1. The van der Waals surface area contributed by atoms with Crippen LogP contribution in [0.1, 0.15) is 41.5 Å². The second-order valence-corrected chi connectivity index (χ2v) is 7.41. The van der Waals surface area contributed by atoms with E-state index in [9.17, 15) is 9.90 Å². The predicted molar refractivity (Wildman–Crippen MR) is 91.2 cm³/mol. The van der Waals surface area contributed by atoms with Crippen molar-refractivity contribution in [3.8, 4) is 0 Å².